The summed E-state index contributed by atoms with van der Waals surface area (Å²) in [6.07, 6.45) is 0. The minimum Gasteiger partial charge on any atom is -0.287 e. The van der Waals surface area contributed by atoms with E-state index >= 15 is 0 Å². The van der Waals surface area contributed by atoms with Crippen LogP contribution in [0.25, 0.3) is 5.69 Å². The Morgan fingerprint density at radius 1 is 1.18 bits per heavy atom. The summed E-state index contributed by atoms with van der Waals surface area (Å²) in [4.78, 5) is 35.7. The van der Waals surface area contributed by atoms with Crippen LogP contribution in [-0.2, 0) is 0 Å². The minimum absolute atomic E-state index is 0.0973. The van der Waals surface area contributed by atoms with Crippen molar-refractivity contribution in [2.24, 2.45) is 0 Å². The van der Waals surface area contributed by atoms with Gasteiger partial charge in [-0.2, -0.15) is 15.0 Å². The lowest BCUT2D eigenvalue weighted by molar-refractivity contribution is -0.384. The molecular weight excluding hydrogens is 384 g/mol. The number of non-ortho nitro benzene ring substituents is 1. The molecule has 0 saturated heterocycles. The summed E-state index contributed by atoms with van der Waals surface area (Å²) in [5, 5.41) is 24.8. The molecule has 2 aromatic carbocycles. The highest BCUT2D eigenvalue weighted by Gasteiger charge is 2.22. The van der Waals surface area contributed by atoms with Gasteiger partial charge in [-0.3, -0.25) is 19.7 Å². The standard InChI is InChI=1S/C19H11ClN4O4/c1-11-16(10-21)19(26)23(14-8-4-13(20)5-9-14)22-17(11)18(25)12-2-6-15(7-3-12)24(27)28/h2-9H,1H3. The first-order valence-electron chi connectivity index (χ1n) is 7.92. The van der Waals surface area contributed by atoms with Gasteiger partial charge in [0.05, 0.1) is 10.6 Å². The van der Waals surface area contributed by atoms with E-state index in [0.29, 0.717) is 10.7 Å². The first-order valence-corrected chi connectivity index (χ1v) is 8.30. The van der Waals surface area contributed by atoms with Crippen molar-refractivity contribution in [2.75, 3.05) is 0 Å². The average Bonchev–Trinajstić information content (AvgIpc) is 2.69. The van der Waals surface area contributed by atoms with Gasteiger partial charge in [-0.25, -0.2) is 0 Å². The van der Waals surface area contributed by atoms with Crippen LogP contribution in [0.3, 0.4) is 0 Å². The topological polar surface area (TPSA) is 119 Å². The van der Waals surface area contributed by atoms with Crippen LogP contribution in [0, 0.1) is 28.4 Å². The summed E-state index contributed by atoms with van der Waals surface area (Å²) in [6.45, 7) is 1.46. The number of nitro groups is 1. The molecule has 0 aliphatic heterocycles. The SMILES string of the molecule is Cc1c(C(=O)c2ccc([N+](=O)[O-])cc2)nn(-c2ccc(Cl)cc2)c(=O)c1C#N. The Morgan fingerprint density at radius 3 is 2.32 bits per heavy atom. The van der Waals surface area contributed by atoms with E-state index < -0.39 is 16.3 Å². The second-order valence-corrected chi connectivity index (χ2v) is 6.22. The first kappa shape index (κ1) is 18.9. The van der Waals surface area contributed by atoms with Crippen molar-refractivity contribution in [2.45, 2.75) is 6.92 Å². The molecule has 138 valence electrons. The predicted molar refractivity (Wildman–Crippen MR) is 101 cm³/mol. The van der Waals surface area contributed by atoms with E-state index in [0.717, 1.165) is 4.68 Å². The van der Waals surface area contributed by atoms with E-state index in [1.165, 1.54) is 43.3 Å². The molecule has 0 N–H and O–H groups in total. The molecule has 28 heavy (non-hydrogen) atoms. The number of nitrogens with zero attached hydrogens (tertiary/aromatic N) is 4. The third-order valence-corrected chi connectivity index (χ3v) is 4.33. The molecule has 3 aromatic rings. The smallest absolute Gasteiger partial charge is 0.287 e. The Bertz CT molecular complexity index is 1190. The highest BCUT2D eigenvalue weighted by Crippen LogP contribution is 2.18. The third kappa shape index (κ3) is 3.39. The summed E-state index contributed by atoms with van der Waals surface area (Å²) < 4.78 is 0.959. The molecule has 0 saturated carbocycles. The van der Waals surface area contributed by atoms with Gasteiger partial charge in [0.2, 0.25) is 5.78 Å². The van der Waals surface area contributed by atoms with Crippen LogP contribution in [0.1, 0.15) is 27.2 Å². The highest BCUT2D eigenvalue weighted by molar-refractivity contribution is 6.30. The van der Waals surface area contributed by atoms with Gasteiger partial charge < -0.3 is 0 Å². The van der Waals surface area contributed by atoms with E-state index in [-0.39, 0.29) is 28.1 Å². The van der Waals surface area contributed by atoms with Crippen molar-refractivity contribution < 1.29 is 9.72 Å². The van der Waals surface area contributed by atoms with Crippen LogP contribution in [0.5, 0.6) is 0 Å². The van der Waals surface area contributed by atoms with Crippen molar-refractivity contribution in [3.63, 3.8) is 0 Å². The van der Waals surface area contributed by atoms with Gasteiger partial charge in [-0.15, -0.1) is 0 Å². The maximum atomic E-state index is 12.9. The molecule has 9 heteroatoms. The Kier molecular flexibility index (Phi) is 5.02. The van der Waals surface area contributed by atoms with E-state index in [1.54, 1.807) is 12.1 Å². The molecule has 0 radical (unpaired) electrons. The van der Waals surface area contributed by atoms with Crippen molar-refractivity contribution in [1.29, 1.82) is 5.26 Å². The lowest BCUT2D eigenvalue weighted by Gasteiger charge is -2.11. The van der Waals surface area contributed by atoms with Gasteiger partial charge >= 0.3 is 0 Å². The van der Waals surface area contributed by atoms with Crippen LogP contribution in [-0.4, -0.2) is 20.5 Å². The van der Waals surface area contributed by atoms with Crippen molar-refractivity contribution in [3.8, 4) is 11.8 Å². The van der Waals surface area contributed by atoms with Gasteiger partial charge in [-0.05, 0) is 43.3 Å². The van der Waals surface area contributed by atoms with Crippen LogP contribution in [0.15, 0.2) is 53.3 Å². The Hall–Kier alpha value is -3.83. The van der Waals surface area contributed by atoms with E-state index in [1.807, 2.05) is 6.07 Å². The number of aromatic nitrogens is 2. The fraction of sp³-hybridized carbons (Fsp3) is 0.0526. The van der Waals surface area contributed by atoms with Crippen LogP contribution >= 0.6 is 11.6 Å². The summed E-state index contributed by atoms with van der Waals surface area (Å²) in [7, 11) is 0. The Balaban J connectivity index is 2.17. The van der Waals surface area contributed by atoms with Gasteiger partial charge in [-0.1, -0.05) is 11.6 Å². The fourth-order valence-corrected chi connectivity index (χ4v) is 2.71. The molecule has 0 unspecified atom stereocenters. The summed E-state index contributed by atoms with van der Waals surface area (Å²) >= 11 is 5.86. The first-order chi connectivity index (χ1) is 13.3. The molecule has 0 bridgehead atoms. The molecular formula is C19H11ClN4O4. The zero-order valence-corrected chi connectivity index (χ0v) is 15.2. The number of carbonyl (C=O) groups excluding carboxylic acids is 1. The third-order valence-electron chi connectivity index (χ3n) is 4.07. The van der Waals surface area contributed by atoms with Gasteiger partial charge in [0.1, 0.15) is 17.3 Å². The molecule has 0 amide bonds. The summed E-state index contributed by atoms with van der Waals surface area (Å²) in [5.74, 6) is -0.563. The highest BCUT2D eigenvalue weighted by atomic mass is 35.5. The Morgan fingerprint density at radius 2 is 1.79 bits per heavy atom. The lowest BCUT2D eigenvalue weighted by atomic mass is 10.0. The number of halogens is 1. The van der Waals surface area contributed by atoms with Gasteiger partial charge in [0.25, 0.3) is 11.2 Å². The van der Waals surface area contributed by atoms with E-state index in [2.05, 4.69) is 5.10 Å². The number of rotatable bonds is 4. The quantitative estimate of drug-likeness (QED) is 0.380. The second kappa shape index (κ2) is 7.42. The molecule has 0 spiro atoms. The number of hydrogen-bond donors (Lipinski definition) is 0. The largest absolute Gasteiger partial charge is 0.289 e. The molecule has 0 atom stereocenters. The maximum absolute atomic E-state index is 12.9. The maximum Gasteiger partial charge on any atom is 0.289 e. The van der Waals surface area contributed by atoms with E-state index in [9.17, 15) is 25.0 Å². The second-order valence-electron chi connectivity index (χ2n) is 5.79. The summed E-state index contributed by atoms with van der Waals surface area (Å²) in [6, 6.07) is 13.0. The number of nitriles is 1. The monoisotopic (exact) mass is 394 g/mol. The zero-order valence-electron chi connectivity index (χ0n) is 14.4. The van der Waals surface area contributed by atoms with Crippen LogP contribution in [0.2, 0.25) is 5.02 Å². The molecule has 0 aliphatic rings. The van der Waals surface area contributed by atoms with Crippen LogP contribution in [0.4, 0.5) is 5.69 Å². The average molecular weight is 395 g/mol. The minimum atomic E-state index is -0.664. The normalized spacial score (nSPS) is 10.3. The predicted octanol–water partition coefficient (Wildman–Crippen LogP) is 3.21. The van der Waals surface area contributed by atoms with Gasteiger partial charge in [0.15, 0.2) is 0 Å². The van der Waals surface area contributed by atoms with Gasteiger partial charge in [0, 0.05) is 28.3 Å². The van der Waals surface area contributed by atoms with Crippen molar-refractivity contribution >= 4 is 23.1 Å². The number of ketones is 1. The summed E-state index contributed by atoms with van der Waals surface area (Å²) in [5.41, 5.74) is -0.515. The van der Waals surface area contributed by atoms with Crippen LogP contribution < -0.4 is 5.56 Å². The number of carbonyl (C=O) groups is 1. The van der Waals surface area contributed by atoms with Crippen molar-refractivity contribution in [1.82, 2.24) is 9.78 Å². The molecule has 8 nitrogen and oxygen atoms in total. The molecule has 1 heterocycles. The molecule has 1 aromatic heterocycles. The zero-order chi connectivity index (χ0) is 20.4. The fourth-order valence-electron chi connectivity index (χ4n) is 2.58. The Labute approximate surface area is 163 Å². The number of hydrogen-bond acceptors (Lipinski definition) is 6. The molecule has 0 fully saturated rings. The van der Waals surface area contributed by atoms with Crippen molar-refractivity contribution in [3.05, 3.63) is 96.4 Å². The molecule has 3 rings (SSSR count). The number of benzene rings is 2. The lowest BCUT2D eigenvalue weighted by Crippen LogP contribution is -2.28. The number of nitro benzene ring substituents is 1. The van der Waals surface area contributed by atoms with E-state index in [4.69, 9.17) is 11.6 Å². The molecule has 0 aliphatic carbocycles.